The summed E-state index contributed by atoms with van der Waals surface area (Å²) >= 11 is 0. The Labute approximate surface area is 87.0 Å². The molecule has 1 rings (SSSR count). The minimum Gasteiger partial charge on any atom is -0.314 e. The number of nitrogens with zero attached hydrogens (tertiary/aromatic N) is 1. The monoisotopic (exact) mass is 192 g/mol. The summed E-state index contributed by atoms with van der Waals surface area (Å²) < 4.78 is 0. The summed E-state index contributed by atoms with van der Waals surface area (Å²) in [6, 6.07) is 0. The van der Waals surface area contributed by atoms with Crippen LogP contribution < -0.4 is 5.32 Å². The smallest absolute Gasteiger partial charge is 0.0167 e. The molecule has 78 valence electrons. The summed E-state index contributed by atoms with van der Waals surface area (Å²) in [7, 11) is 0. The zero-order valence-electron chi connectivity index (χ0n) is 9.00. The molecule has 0 aliphatic carbocycles. The van der Waals surface area contributed by atoms with E-state index >= 15 is 0 Å². The van der Waals surface area contributed by atoms with Gasteiger partial charge in [0.05, 0.1) is 0 Å². The average molecular weight is 192 g/mol. The molecule has 0 atom stereocenters. The molecular formula is C12H20N2. The van der Waals surface area contributed by atoms with Gasteiger partial charge in [-0.15, -0.1) is 0 Å². The summed E-state index contributed by atoms with van der Waals surface area (Å²) in [5, 5.41) is 3.34. The van der Waals surface area contributed by atoms with Crippen LogP contribution in [0.5, 0.6) is 0 Å². The molecule has 1 aliphatic heterocycles. The quantitative estimate of drug-likeness (QED) is 0.680. The Hall–Kier alpha value is -0.860. The minimum absolute atomic E-state index is 1.06. The molecule has 0 radical (unpaired) electrons. The third kappa shape index (κ3) is 4.40. The minimum atomic E-state index is 1.06. The summed E-state index contributed by atoms with van der Waals surface area (Å²) in [5.41, 5.74) is 1.26. The van der Waals surface area contributed by atoms with Crippen molar-refractivity contribution in [1.29, 1.82) is 0 Å². The van der Waals surface area contributed by atoms with E-state index in [1.54, 1.807) is 0 Å². The number of hydrogen-bond donors (Lipinski definition) is 1. The first-order valence-corrected chi connectivity index (χ1v) is 5.22. The van der Waals surface area contributed by atoms with Crippen LogP contribution in [0.25, 0.3) is 0 Å². The van der Waals surface area contributed by atoms with Crippen LogP contribution in [0.4, 0.5) is 0 Å². The second-order valence-corrected chi connectivity index (χ2v) is 3.60. The molecule has 0 spiro atoms. The second-order valence-electron chi connectivity index (χ2n) is 3.60. The molecule has 0 saturated carbocycles. The zero-order chi connectivity index (χ0) is 10.2. The molecule has 0 unspecified atom stereocenters. The maximum Gasteiger partial charge on any atom is 0.0167 e. The lowest BCUT2D eigenvalue weighted by atomic mass is 10.2. The molecule has 2 nitrogen and oxygen atoms in total. The van der Waals surface area contributed by atoms with E-state index in [0.29, 0.717) is 0 Å². The molecule has 0 amide bonds. The van der Waals surface area contributed by atoms with Crippen molar-refractivity contribution in [2.45, 2.75) is 6.92 Å². The lowest BCUT2D eigenvalue weighted by molar-refractivity contribution is 0.265. The number of allylic oxidation sites excluding steroid dienone is 4. The fourth-order valence-corrected chi connectivity index (χ4v) is 1.52. The summed E-state index contributed by atoms with van der Waals surface area (Å²) in [5.74, 6) is 0. The predicted octanol–water partition coefficient (Wildman–Crippen LogP) is 1.58. The van der Waals surface area contributed by atoms with Crippen LogP contribution in [0, 0.1) is 0 Å². The number of rotatable bonds is 4. The molecule has 0 aromatic rings. The van der Waals surface area contributed by atoms with Crippen LogP contribution in [-0.2, 0) is 0 Å². The molecule has 14 heavy (non-hydrogen) atoms. The van der Waals surface area contributed by atoms with E-state index in [9.17, 15) is 0 Å². The van der Waals surface area contributed by atoms with E-state index in [1.165, 1.54) is 5.57 Å². The van der Waals surface area contributed by atoms with Gasteiger partial charge in [0.25, 0.3) is 0 Å². The Morgan fingerprint density at radius 1 is 1.43 bits per heavy atom. The van der Waals surface area contributed by atoms with Crippen LogP contribution in [0.15, 0.2) is 36.5 Å². The molecule has 1 N–H and O–H groups in total. The molecule has 1 aliphatic rings. The van der Waals surface area contributed by atoms with Gasteiger partial charge in [0, 0.05) is 32.7 Å². The highest BCUT2D eigenvalue weighted by atomic mass is 15.2. The fraction of sp³-hybridized carbons (Fsp3) is 0.500. The first kappa shape index (κ1) is 11.2. The van der Waals surface area contributed by atoms with E-state index < -0.39 is 0 Å². The van der Waals surface area contributed by atoms with E-state index in [0.717, 1.165) is 32.7 Å². The number of piperazine rings is 1. The van der Waals surface area contributed by atoms with Crippen molar-refractivity contribution >= 4 is 0 Å². The van der Waals surface area contributed by atoms with Gasteiger partial charge in [0.1, 0.15) is 0 Å². The van der Waals surface area contributed by atoms with Gasteiger partial charge in [0.2, 0.25) is 0 Å². The van der Waals surface area contributed by atoms with E-state index in [1.807, 2.05) is 12.2 Å². The lowest BCUT2D eigenvalue weighted by Crippen LogP contribution is -2.43. The molecule has 2 heteroatoms. The third-order valence-electron chi connectivity index (χ3n) is 2.33. The number of hydrogen-bond acceptors (Lipinski definition) is 2. The first-order valence-electron chi connectivity index (χ1n) is 5.22. The van der Waals surface area contributed by atoms with Crippen LogP contribution >= 0.6 is 0 Å². The van der Waals surface area contributed by atoms with E-state index in [-0.39, 0.29) is 0 Å². The largest absolute Gasteiger partial charge is 0.314 e. The molecule has 0 aromatic heterocycles. The van der Waals surface area contributed by atoms with Crippen molar-refractivity contribution < 1.29 is 0 Å². The Kier molecular flexibility index (Phi) is 5.27. The van der Waals surface area contributed by atoms with Gasteiger partial charge in [-0.3, -0.25) is 4.90 Å². The van der Waals surface area contributed by atoms with Crippen molar-refractivity contribution in [2.24, 2.45) is 0 Å². The van der Waals surface area contributed by atoms with Crippen LogP contribution in [0.2, 0.25) is 0 Å². The maximum absolute atomic E-state index is 3.67. The average Bonchev–Trinajstić information content (AvgIpc) is 2.20. The van der Waals surface area contributed by atoms with Gasteiger partial charge in [-0.1, -0.05) is 36.5 Å². The topological polar surface area (TPSA) is 15.3 Å². The van der Waals surface area contributed by atoms with Crippen LogP contribution in [0.3, 0.4) is 0 Å². The van der Waals surface area contributed by atoms with Gasteiger partial charge in [0.15, 0.2) is 0 Å². The Morgan fingerprint density at radius 3 is 2.79 bits per heavy atom. The standard InChI is InChI=1S/C12H20N2/c1-3-5-12(2)6-4-9-14-10-7-13-8-11-14/h3-6,13H,1,7-11H2,2H3/b6-4+,12-5-. The van der Waals surface area contributed by atoms with E-state index in [4.69, 9.17) is 0 Å². The molecule has 0 bridgehead atoms. The summed E-state index contributed by atoms with van der Waals surface area (Å²) in [6.45, 7) is 11.4. The second kappa shape index (κ2) is 6.57. The zero-order valence-corrected chi connectivity index (χ0v) is 9.00. The van der Waals surface area contributed by atoms with Crippen molar-refractivity contribution in [3.8, 4) is 0 Å². The van der Waals surface area contributed by atoms with Crippen LogP contribution in [-0.4, -0.2) is 37.6 Å². The normalized spacial score (nSPS) is 20.2. The highest BCUT2D eigenvalue weighted by molar-refractivity contribution is 5.20. The third-order valence-corrected chi connectivity index (χ3v) is 2.33. The summed E-state index contributed by atoms with van der Waals surface area (Å²) in [4.78, 5) is 2.45. The SMILES string of the molecule is C=C/C=C(C)\C=C\CN1CCNCC1. The van der Waals surface area contributed by atoms with E-state index in [2.05, 4.69) is 35.9 Å². The van der Waals surface area contributed by atoms with Crippen molar-refractivity contribution in [1.82, 2.24) is 10.2 Å². The predicted molar refractivity (Wildman–Crippen MR) is 62.4 cm³/mol. The van der Waals surface area contributed by atoms with Crippen molar-refractivity contribution in [3.63, 3.8) is 0 Å². The number of nitrogens with one attached hydrogen (secondary N) is 1. The lowest BCUT2D eigenvalue weighted by Gasteiger charge is -2.25. The van der Waals surface area contributed by atoms with Crippen molar-refractivity contribution in [2.75, 3.05) is 32.7 Å². The maximum atomic E-state index is 3.67. The van der Waals surface area contributed by atoms with Gasteiger partial charge in [-0.2, -0.15) is 0 Å². The van der Waals surface area contributed by atoms with Gasteiger partial charge in [-0.25, -0.2) is 0 Å². The van der Waals surface area contributed by atoms with Gasteiger partial charge < -0.3 is 5.32 Å². The first-order chi connectivity index (χ1) is 6.83. The molecular weight excluding hydrogens is 172 g/mol. The summed E-state index contributed by atoms with van der Waals surface area (Å²) in [6.07, 6.45) is 8.23. The Bertz CT molecular complexity index is 222. The Balaban J connectivity index is 2.24. The fourth-order valence-electron chi connectivity index (χ4n) is 1.52. The van der Waals surface area contributed by atoms with Gasteiger partial charge in [-0.05, 0) is 6.92 Å². The molecule has 1 saturated heterocycles. The molecule has 1 heterocycles. The molecule has 0 aromatic carbocycles. The van der Waals surface area contributed by atoms with Gasteiger partial charge >= 0.3 is 0 Å². The Morgan fingerprint density at radius 2 is 2.14 bits per heavy atom. The van der Waals surface area contributed by atoms with Crippen molar-refractivity contribution in [3.05, 3.63) is 36.5 Å². The van der Waals surface area contributed by atoms with Crippen LogP contribution in [0.1, 0.15) is 6.92 Å². The highest BCUT2D eigenvalue weighted by Gasteiger charge is 2.06. The highest BCUT2D eigenvalue weighted by Crippen LogP contribution is 1.97. The molecule has 1 fully saturated rings.